The molecule has 344 valence electrons. The number of amides is 1. The minimum Gasteiger partial charge on any atom is -0.756 e. The average molecular weight is 841 g/mol. The number of quaternary nitrogens is 1. The molecule has 0 saturated carbocycles. The number of carbonyl (C=O) groups is 1. The molecule has 2 N–H and O–H groups in total. The fraction of sp³-hybridized carbons (Fsp3) is 0.898. The number of allylic oxidation sites excluding steroid dienone is 3. The Hall–Kier alpha value is -1.02. The van der Waals surface area contributed by atoms with Crippen LogP contribution in [0.4, 0.5) is 0 Å². The molecule has 0 radical (unpaired) electrons. The molecule has 0 aromatic heterocycles. The van der Waals surface area contributed by atoms with Crippen LogP contribution in [0.5, 0.6) is 0 Å². The molecular weight excluding hydrogens is 744 g/mol. The van der Waals surface area contributed by atoms with Crippen molar-refractivity contribution < 1.29 is 32.9 Å². The van der Waals surface area contributed by atoms with Gasteiger partial charge in [0.15, 0.2) is 0 Å². The third-order valence-electron chi connectivity index (χ3n) is 11.2. The van der Waals surface area contributed by atoms with Crippen molar-refractivity contribution in [3.05, 3.63) is 24.3 Å². The van der Waals surface area contributed by atoms with E-state index in [1.54, 1.807) is 6.08 Å². The van der Waals surface area contributed by atoms with Gasteiger partial charge in [0.1, 0.15) is 13.2 Å². The lowest BCUT2D eigenvalue weighted by Crippen LogP contribution is -2.45. The number of unbranched alkanes of at least 4 members (excludes halogenated alkanes) is 30. The first kappa shape index (κ1) is 57.0. The van der Waals surface area contributed by atoms with Gasteiger partial charge in [-0.3, -0.25) is 9.36 Å². The number of nitrogens with one attached hydrogen (secondary N) is 1. The van der Waals surface area contributed by atoms with Gasteiger partial charge in [0.2, 0.25) is 5.91 Å². The molecule has 0 aliphatic heterocycles. The lowest BCUT2D eigenvalue weighted by molar-refractivity contribution is -0.870. The molecule has 0 fully saturated rings. The van der Waals surface area contributed by atoms with Crippen LogP contribution in [0.2, 0.25) is 0 Å². The van der Waals surface area contributed by atoms with E-state index < -0.39 is 20.0 Å². The van der Waals surface area contributed by atoms with E-state index in [2.05, 4.69) is 31.3 Å². The molecule has 9 heteroatoms. The minimum absolute atomic E-state index is 0.00145. The largest absolute Gasteiger partial charge is 0.756 e. The highest BCUT2D eigenvalue weighted by molar-refractivity contribution is 7.45. The molecule has 0 aliphatic rings. The highest BCUT2D eigenvalue weighted by Crippen LogP contribution is 2.38. The Labute approximate surface area is 360 Å². The van der Waals surface area contributed by atoms with E-state index in [-0.39, 0.29) is 19.1 Å². The van der Waals surface area contributed by atoms with Gasteiger partial charge in [-0.15, -0.1) is 0 Å². The van der Waals surface area contributed by atoms with E-state index in [1.165, 1.54) is 161 Å². The molecule has 0 bridgehead atoms. The zero-order valence-corrected chi connectivity index (χ0v) is 39.9. The molecule has 0 spiro atoms. The van der Waals surface area contributed by atoms with Gasteiger partial charge in [0.25, 0.3) is 7.82 Å². The number of carbonyl (C=O) groups excluding carboxylic acids is 1. The van der Waals surface area contributed by atoms with E-state index in [4.69, 9.17) is 9.05 Å². The van der Waals surface area contributed by atoms with Gasteiger partial charge >= 0.3 is 0 Å². The highest BCUT2D eigenvalue weighted by Gasteiger charge is 2.23. The van der Waals surface area contributed by atoms with Crippen LogP contribution < -0.4 is 10.2 Å². The molecule has 0 aromatic rings. The van der Waals surface area contributed by atoms with Crippen molar-refractivity contribution in [2.75, 3.05) is 40.9 Å². The second-order valence-electron chi connectivity index (χ2n) is 18.2. The smallest absolute Gasteiger partial charge is 0.268 e. The zero-order valence-electron chi connectivity index (χ0n) is 39.0. The summed E-state index contributed by atoms with van der Waals surface area (Å²) in [6.07, 6.45) is 49.5. The molecule has 0 rings (SSSR count). The number of phosphoric acid groups is 1. The first-order valence-corrected chi connectivity index (χ1v) is 26.2. The number of aliphatic hydroxyl groups is 1. The van der Waals surface area contributed by atoms with Crippen molar-refractivity contribution in [2.24, 2.45) is 0 Å². The number of hydrogen-bond donors (Lipinski definition) is 2. The summed E-state index contributed by atoms with van der Waals surface area (Å²) in [6, 6.07) is -0.887. The summed E-state index contributed by atoms with van der Waals surface area (Å²) in [5.74, 6) is -0.206. The Morgan fingerprint density at radius 3 is 1.38 bits per heavy atom. The van der Waals surface area contributed by atoms with Crippen LogP contribution in [0.3, 0.4) is 0 Å². The van der Waals surface area contributed by atoms with Crippen LogP contribution in [0, 0.1) is 0 Å². The van der Waals surface area contributed by atoms with Crippen molar-refractivity contribution in [3.8, 4) is 0 Å². The van der Waals surface area contributed by atoms with Crippen molar-refractivity contribution in [2.45, 2.75) is 244 Å². The van der Waals surface area contributed by atoms with Crippen molar-refractivity contribution in [3.63, 3.8) is 0 Å². The fourth-order valence-corrected chi connectivity index (χ4v) is 7.93. The average Bonchev–Trinajstić information content (AvgIpc) is 3.17. The molecule has 0 aromatic carbocycles. The summed E-state index contributed by atoms with van der Waals surface area (Å²) in [6.45, 7) is 4.63. The minimum atomic E-state index is -4.59. The summed E-state index contributed by atoms with van der Waals surface area (Å²) in [7, 11) is 1.26. The van der Waals surface area contributed by atoms with E-state index in [1.807, 2.05) is 27.2 Å². The molecule has 58 heavy (non-hydrogen) atoms. The Morgan fingerprint density at radius 1 is 0.586 bits per heavy atom. The predicted octanol–water partition coefficient (Wildman–Crippen LogP) is 13.5. The lowest BCUT2D eigenvalue weighted by atomic mass is 10.0. The Kier molecular flexibility index (Phi) is 40.6. The Balaban J connectivity index is 4.24. The first-order chi connectivity index (χ1) is 28.0. The molecule has 0 aliphatic carbocycles. The molecule has 0 saturated heterocycles. The van der Waals surface area contributed by atoms with Crippen LogP contribution in [-0.2, 0) is 18.4 Å². The molecule has 1 amide bonds. The summed E-state index contributed by atoms with van der Waals surface area (Å²) in [4.78, 5) is 25.3. The van der Waals surface area contributed by atoms with Crippen molar-refractivity contribution >= 4 is 13.7 Å². The molecule has 8 nitrogen and oxygen atoms in total. The maximum atomic E-state index is 12.8. The van der Waals surface area contributed by atoms with E-state index in [9.17, 15) is 19.4 Å². The van der Waals surface area contributed by atoms with Crippen LogP contribution in [0.25, 0.3) is 0 Å². The second-order valence-corrected chi connectivity index (χ2v) is 19.6. The SMILES string of the molecule is CCCCC/C=C\CCCCCCCC(=O)NC(COP(=O)([O-])OCC[N+](C)(C)C)C(O)/C=C/CCCCCCCCCCCCCCCCCCCCCCCC. The van der Waals surface area contributed by atoms with Crippen molar-refractivity contribution in [1.82, 2.24) is 5.32 Å². The fourth-order valence-electron chi connectivity index (χ4n) is 7.21. The molecule has 3 atom stereocenters. The highest BCUT2D eigenvalue weighted by atomic mass is 31.2. The topological polar surface area (TPSA) is 108 Å². The molecular formula is C49H97N2O6P. The number of aliphatic hydroxyl groups excluding tert-OH is 1. The summed E-state index contributed by atoms with van der Waals surface area (Å²) < 4.78 is 23.2. The Bertz CT molecular complexity index is 1000. The summed E-state index contributed by atoms with van der Waals surface area (Å²) in [5, 5.41) is 13.8. The summed E-state index contributed by atoms with van der Waals surface area (Å²) >= 11 is 0. The van der Waals surface area contributed by atoms with Gasteiger partial charge in [0.05, 0.1) is 39.9 Å². The third kappa shape index (κ3) is 43.1. The Morgan fingerprint density at radius 2 is 0.948 bits per heavy atom. The van der Waals surface area contributed by atoms with Gasteiger partial charge in [-0.2, -0.15) is 0 Å². The van der Waals surface area contributed by atoms with E-state index in [0.717, 1.165) is 51.4 Å². The van der Waals surface area contributed by atoms with E-state index in [0.29, 0.717) is 17.4 Å². The van der Waals surface area contributed by atoms with Gasteiger partial charge in [-0.05, 0) is 44.9 Å². The monoisotopic (exact) mass is 841 g/mol. The predicted molar refractivity (Wildman–Crippen MR) is 247 cm³/mol. The van der Waals surface area contributed by atoms with Crippen LogP contribution >= 0.6 is 7.82 Å². The number of nitrogens with zero attached hydrogens (tertiary/aromatic N) is 1. The van der Waals surface area contributed by atoms with Crippen LogP contribution in [0.15, 0.2) is 24.3 Å². The number of phosphoric ester groups is 1. The van der Waals surface area contributed by atoms with Crippen LogP contribution in [0.1, 0.15) is 232 Å². The number of hydrogen-bond acceptors (Lipinski definition) is 6. The summed E-state index contributed by atoms with van der Waals surface area (Å²) in [5.41, 5.74) is 0. The van der Waals surface area contributed by atoms with Gasteiger partial charge in [-0.25, -0.2) is 0 Å². The number of rotatable bonds is 45. The van der Waals surface area contributed by atoms with Gasteiger partial charge in [-0.1, -0.05) is 205 Å². The molecule has 0 heterocycles. The quantitative estimate of drug-likeness (QED) is 0.0274. The normalized spacial score (nSPS) is 14.4. The van der Waals surface area contributed by atoms with Crippen LogP contribution in [-0.4, -0.2) is 68.5 Å². The third-order valence-corrected chi connectivity index (χ3v) is 12.1. The van der Waals surface area contributed by atoms with Gasteiger partial charge in [0, 0.05) is 6.42 Å². The zero-order chi connectivity index (χ0) is 42.8. The maximum Gasteiger partial charge on any atom is 0.268 e. The molecule has 3 unspecified atom stereocenters. The standard InChI is InChI=1S/C49H97N2O6P/c1-6-8-10-12-14-16-18-20-21-22-23-24-25-26-27-28-29-30-31-32-34-36-38-40-42-48(52)47(46-57-58(54,55)56-45-44-51(3,4)5)50-49(53)43-41-39-37-35-33-19-17-15-13-11-9-7-2/h15,17,40,42,47-48,52H,6-14,16,18-39,41,43-46H2,1-5H3,(H-,50,53,54,55)/b17-15-,42-40+. The van der Waals surface area contributed by atoms with E-state index >= 15 is 0 Å². The van der Waals surface area contributed by atoms with Gasteiger partial charge < -0.3 is 28.8 Å². The number of likely N-dealkylation sites (N-methyl/N-ethyl adjacent to an activating group) is 1. The first-order valence-electron chi connectivity index (χ1n) is 24.7. The lowest BCUT2D eigenvalue weighted by Gasteiger charge is -2.29. The van der Waals surface area contributed by atoms with Crippen molar-refractivity contribution in [1.29, 1.82) is 0 Å². The second kappa shape index (κ2) is 41.3. The maximum absolute atomic E-state index is 12.8.